The largest absolute Gasteiger partial charge is 0.308 e. The van der Waals surface area contributed by atoms with Crippen molar-refractivity contribution in [3.63, 3.8) is 0 Å². The molecular formula is C22H19FN6O. The number of nitrogens with zero attached hydrogens (tertiary/aromatic N) is 5. The van der Waals surface area contributed by atoms with Crippen LogP contribution < -0.4 is 4.90 Å². The molecular weight excluding hydrogens is 383 g/mol. The number of aromatic nitrogens is 5. The molecule has 0 saturated heterocycles. The summed E-state index contributed by atoms with van der Waals surface area (Å²) in [5.74, 6) is -0.260. The number of halogens is 1. The number of rotatable bonds is 6. The van der Waals surface area contributed by atoms with E-state index in [0.717, 1.165) is 16.7 Å². The monoisotopic (exact) mass is 402 g/mol. The van der Waals surface area contributed by atoms with Crippen LogP contribution in [0.5, 0.6) is 0 Å². The Bertz CT molecular complexity index is 1150. The van der Waals surface area contributed by atoms with Gasteiger partial charge in [-0.3, -0.25) is 9.78 Å². The summed E-state index contributed by atoms with van der Waals surface area (Å²) >= 11 is 0. The molecule has 2 heterocycles. The molecule has 0 aliphatic rings. The van der Waals surface area contributed by atoms with E-state index in [0.29, 0.717) is 23.6 Å². The standard InChI is InChI=1S/C22H19FN6O/c1-2-21(30)29(20-11-18(10-19(23)12-20)22-25-27-28-26-22)14-15-5-3-6-16(9-15)17-7-4-8-24-13-17/h3-13H,2,14H2,1H3,(H,25,26,27,28). The molecule has 0 unspecified atom stereocenters. The lowest BCUT2D eigenvalue weighted by atomic mass is 10.0. The lowest BCUT2D eigenvalue weighted by molar-refractivity contribution is -0.118. The SMILES string of the molecule is CCC(=O)N(Cc1cccc(-c2cccnc2)c1)c1cc(F)cc(-c2nnn[nH]2)c1. The van der Waals surface area contributed by atoms with Crippen molar-refractivity contribution in [3.05, 3.63) is 78.4 Å². The number of hydrogen-bond acceptors (Lipinski definition) is 5. The second kappa shape index (κ2) is 8.60. The average molecular weight is 402 g/mol. The lowest BCUT2D eigenvalue weighted by Gasteiger charge is -2.23. The summed E-state index contributed by atoms with van der Waals surface area (Å²) in [5.41, 5.74) is 3.81. The predicted octanol–water partition coefficient (Wildman–Crippen LogP) is 4.01. The smallest absolute Gasteiger partial charge is 0.227 e. The van der Waals surface area contributed by atoms with Gasteiger partial charge in [0.1, 0.15) is 5.82 Å². The predicted molar refractivity (Wildman–Crippen MR) is 111 cm³/mol. The highest BCUT2D eigenvalue weighted by Gasteiger charge is 2.18. The third-order valence-corrected chi connectivity index (χ3v) is 4.68. The topological polar surface area (TPSA) is 87.7 Å². The molecule has 7 nitrogen and oxygen atoms in total. The number of carbonyl (C=O) groups excluding carboxylic acids is 1. The number of nitrogens with one attached hydrogen (secondary N) is 1. The van der Waals surface area contributed by atoms with Gasteiger partial charge in [-0.05, 0) is 57.4 Å². The van der Waals surface area contributed by atoms with Crippen LogP contribution in [0.2, 0.25) is 0 Å². The first-order chi connectivity index (χ1) is 14.6. The highest BCUT2D eigenvalue weighted by molar-refractivity contribution is 5.93. The fourth-order valence-corrected chi connectivity index (χ4v) is 3.23. The summed E-state index contributed by atoms with van der Waals surface area (Å²) in [5, 5.41) is 13.5. The van der Waals surface area contributed by atoms with Crippen LogP contribution in [0.25, 0.3) is 22.5 Å². The maximum absolute atomic E-state index is 14.3. The molecule has 150 valence electrons. The van der Waals surface area contributed by atoms with Crippen LogP contribution in [0, 0.1) is 5.82 Å². The van der Waals surface area contributed by atoms with Crippen LogP contribution in [0.3, 0.4) is 0 Å². The minimum atomic E-state index is -0.475. The van der Waals surface area contributed by atoms with Gasteiger partial charge >= 0.3 is 0 Å². The Morgan fingerprint density at radius 1 is 1.07 bits per heavy atom. The minimum absolute atomic E-state index is 0.117. The molecule has 1 amide bonds. The quantitative estimate of drug-likeness (QED) is 0.526. The van der Waals surface area contributed by atoms with E-state index in [2.05, 4.69) is 25.6 Å². The number of H-pyrrole nitrogens is 1. The lowest BCUT2D eigenvalue weighted by Crippen LogP contribution is -2.29. The second-order valence-corrected chi connectivity index (χ2v) is 6.72. The molecule has 0 bridgehead atoms. The molecule has 0 fully saturated rings. The van der Waals surface area contributed by atoms with E-state index in [9.17, 15) is 9.18 Å². The molecule has 0 spiro atoms. The average Bonchev–Trinajstić information content (AvgIpc) is 3.32. The van der Waals surface area contributed by atoms with E-state index in [1.165, 1.54) is 12.1 Å². The van der Waals surface area contributed by atoms with Crippen molar-refractivity contribution in [3.8, 4) is 22.5 Å². The Kier molecular flexibility index (Phi) is 5.56. The minimum Gasteiger partial charge on any atom is -0.308 e. The number of amides is 1. The molecule has 0 aliphatic carbocycles. The molecule has 0 atom stereocenters. The Morgan fingerprint density at radius 3 is 2.67 bits per heavy atom. The van der Waals surface area contributed by atoms with Crippen LogP contribution in [0.15, 0.2) is 67.0 Å². The van der Waals surface area contributed by atoms with E-state index < -0.39 is 5.82 Å². The summed E-state index contributed by atoms with van der Waals surface area (Å²) < 4.78 is 14.3. The highest BCUT2D eigenvalue weighted by atomic mass is 19.1. The van der Waals surface area contributed by atoms with Gasteiger partial charge in [-0.2, -0.15) is 0 Å². The third kappa shape index (κ3) is 4.22. The molecule has 2 aromatic carbocycles. The van der Waals surface area contributed by atoms with Crippen molar-refractivity contribution in [2.24, 2.45) is 0 Å². The number of pyridine rings is 1. The Hall–Kier alpha value is -3.94. The van der Waals surface area contributed by atoms with Crippen molar-refractivity contribution in [2.45, 2.75) is 19.9 Å². The first-order valence-electron chi connectivity index (χ1n) is 9.48. The number of benzene rings is 2. The number of anilines is 1. The van der Waals surface area contributed by atoms with Crippen molar-refractivity contribution < 1.29 is 9.18 Å². The van der Waals surface area contributed by atoms with E-state index in [1.54, 1.807) is 30.3 Å². The summed E-state index contributed by atoms with van der Waals surface area (Å²) in [6, 6.07) is 16.1. The Balaban J connectivity index is 1.69. The van der Waals surface area contributed by atoms with Gasteiger partial charge in [0, 0.05) is 30.1 Å². The van der Waals surface area contributed by atoms with Crippen LogP contribution in [-0.4, -0.2) is 31.5 Å². The molecule has 0 radical (unpaired) electrons. The van der Waals surface area contributed by atoms with Crippen LogP contribution in [0.1, 0.15) is 18.9 Å². The van der Waals surface area contributed by atoms with Crippen LogP contribution in [-0.2, 0) is 11.3 Å². The molecule has 0 aliphatic heterocycles. The van der Waals surface area contributed by atoms with Gasteiger partial charge in [0.2, 0.25) is 5.91 Å². The highest BCUT2D eigenvalue weighted by Crippen LogP contribution is 2.27. The molecule has 1 N–H and O–H groups in total. The zero-order chi connectivity index (χ0) is 20.9. The number of tetrazole rings is 1. The van der Waals surface area contributed by atoms with E-state index in [-0.39, 0.29) is 12.3 Å². The van der Waals surface area contributed by atoms with Crippen molar-refractivity contribution in [1.29, 1.82) is 0 Å². The van der Waals surface area contributed by atoms with Crippen LogP contribution >= 0.6 is 0 Å². The van der Waals surface area contributed by atoms with Crippen molar-refractivity contribution in [1.82, 2.24) is 25.6 Å². The summed E-state index contributed by atoms with van der Waals surface area (Å²) in [6.07, 6.45) is 3.80. The molecule has 4 rings (SSSR count). The van der Waals surface area contributed by atoms with E-state index in [4.69, 9.17) is 0 Å². The van der Waals surface area contributed by atoms with Gasteiger partial charge in [-0.25, -0.2) is 9.49 Å². The van der Waals surface area contributed by atoms with Crippen LogP contribution in [0.4, 0.5) is 10.1 Å². The van der Waals surface area contributed by atoms with Gasteiger partial charge in [-0.15, -0.1) is 5.10 Å². The molecule has 0 saturated carbocycles. The van der Waals surface area contributed by atoms with E-state index in [1.807, 2.05) is 36.4 Å². The van der Waals surface area contributed by atoms with Gasteiger partial charge in [0.15, 0.2) is 5.82 Å². The maximum atomic E-state index is 14.3. The zero-order valence-corrected chi connectivity index (χ0v) is 16.3. The fourth-order valence-electron chi connectivity index (χ4n) is 3.23. The maximum Gasteiger partial charge on any atom is 0.227 e. The van der Waals surface area contributed by atoms with Gasteiger partial charge in [0.25, 0.3) is 0 Å². The summed E-state index contributed by atoms with van der Waals surface area (Å²) in [6.45, 7) is 2.08. The first-order valence-corrected chi connectivity index (χ1v) is 9.48. The number of carbonyl (C=O) groups is 1. The normalized spacial score (nSPS) is 10.7. The number of aromatic amines is 1. The van der Waals surface area contributed by atoms with Gasteiger partial charge in [0.05, 0.1) is 6.54 Å². The second-order valence-electron chi connectivity index (χ2n) is 6.72. The fraction of sp³-hybridized carbons (Fsp3) is 0.136. The summed E-state index contributed by atoms with van der Waals surface area (Å²) in [7, 11) is 0. The van der Waals surface area contributed by atoms with Crippen molar-refractivity contribution >= 4 is 11.6 Å². The molecule has 4 aromatic rings. The molecule has 2 aromatic heterocycles. The molecule has 30 heavy (non-hydrogen) atoms. The van der Waals surface area contributed by atoms with E-state index >= 15 is 0 Å². The van der Waals surface area contributed by atoms with Gasteiger partial charge < -0.3 is 4.90 Å². The number of hydrogen-bond donors (Lipinski definition) is 1. The zero-order valence-electron chi connectivity index (χ0n) is 16.3. The Morgan fingerprint density at radius 2 is 1.93 bits per heavy atom. The Labute approximate surface area is 172 Å². The summed E-state index contributed by atoms with van der Waals surface area (Å²) in [4.78, 5) is 18.5. The first kappa shape index (κ1) is 19.4. The third-order valence-electron chi connectivity index (χ3n) is 4.68. The van der Waals surface area contributed by atoms with Crippen molar-refractivity contribution in [2.75, 3.05) is 4.90 Å². The molecule has 8 heteroatoms. The van der Waals surface area contributed by atoms with Gasteiger partial charge in [-0.1, -0.05) is 31.2 Å².